The lowest BCUT2D eigenvalue weighted by atomic mass is 15.7. The summed E-state index contributed by atoms with van der Waals surface area (Å²) in [6, 6.07) is 0. The first kappa shape index (κ1) is 15.7. The molecule has 0 atom stereocenters. The standard InChI is InChI=1S/H4O4Si.H2O.H4Si/c1-5(2,3)4;;/h1-4H;1H2;1H4. The molecule has 0 rings (SSSR count). The van der Waals surface area contributed by atoms with Gasteiger partial charge in [-0.25, -0.2) is 0 Å². The molecule has 5 nitrogen and oxygen atoms in total. The fourth-order valence-corrected chi connectivity index (χ4v) is 0. The van der Waals surface area contributed by atoms with Crippen LogP contribution in [0.4, 0.5) is 0 Å². The van der Waals surface area contributed by atoms with Crippen LogP contribution in [-0.2, 0) is 0 Å². The van der Waals surface area contributed by atoms with Crippen LogP contribution in [0.3, 0.4) is 0 Å². The van der Waals surface area contributed by atoms with E-state index in [4.69, 9.17) is 19.2 Å². The van der Waals surface area contributed by atoms with E-state index in [1.54, 1.807) is 0 Å². The molecule has 0 aromatic carbocycles. The molecule has 0 saturated heterocycles. The van der Waals surface area contributed by atoms with Crippen molar-refractivity contribution in [3.8, 4) is 0 Å². The summed E-state index contributed by atoms with van der Waals surface area (Å²) < 4.78 is 0. The molecule has 7 heteroatoms. The summed E-state index contributed by atoms with van der Waals surface area (Å²) in [4.78, 5) is 29.3. The number of hydrogen-bond acceptors (Lipinski definition) is 4. The largest absolute Gasteiger partial charge is 0.668 e. The zero-order chi connectivity index (χ0) is 4.50. The first-order valence-electron chi connectivity index (χ1n) is 0.894. The molecule has 0 aliphatic rings. The summed E-state index contributed by atoms with van der Waals surface area (Å²) in [6.45, 7) is 0. The highest BCUT2D eigenvalue weighted by Crippen LogP contribution is 1.67. The fraction of sp³-hybridized carbons (Fsp3) is 0. The second kappa shape index (κ2) is 4.39. The number of rotatable bonds is 0. The van der Waals surface area contributed by atoms with Gasteiger partial charge in [0.1, 0.15) is 0 Å². The van der Waals surface area contributed by atoms with Crippen LogP contribution in [0.1, 0.15) is 0 Å². The SMILES string of the molecule is O.O[Si](O)(O)O.[SiH4]. The molecule has 0 fully saturated rings. The van der Waals surface area contributed by atoms with Gasteiger partial charge in [-0.2, -0.15) is 0 Å². The van der Waals surface area contributed by atoms with E-state index in [2.05, 4.69) is 0 Å². The van der Waals surface area contributed by atoms with E-state index in [1.807, 2.05) is 0 Å². The van der Waals surface area contributed by atoms with E-state index in [0.29, 0.717) is 0 Å². The summed E-state index contributed by atoms with van der Waals surface area (Å²) in [5, 5.41) is 0. The minimum atomic E-state index is -4.61. The average molecular weight is 146 g/mol. The molecule has 48 valence electrons. The molecule has 0 saturated carbocycles. The Hall–Kier alpha value is 0.234. The van der Waals surface area contributed by atoms with Crippen molar-refractivity contribution in [3.05, 3.63) is 0 Å². The van der Waals surface area contributed by atoms with Gasteiger partial charge in [0.2, 0.25) is 0 Å². The zero-order valence-corrected chi connectivity index (χ0v) is 3.79. The highest BCUT2D eigenvalue weighted by atomic mass is 28.4. The maximum Gasteiger partial charge on any atom is 0.668 e. The van der Waals surface area contributed by atoms with Gasteiger partial charge in [0.05, 0.1) is 0 Å². The molecular weight excluding hydrogens is 136 g/mol. The van der Waals surface area contributed by atoms with Crippen molar-refractivity contribution in [1.29, 1.82) is 0 Å². The van der Waals surface area contributed by atoms with Crippen LogP contribution in [0.2, 0.25) is 0 Å². The molecule has 0 heterocycles. The van der Waals surface area contributed by atoms with Gasteiger partial charge in [-0.1, -0.05) is 0 Å². The van der Waals surface area contributed by atoms with E-state index in [1.165, 1.54) is 0 Å². The minimum absolute atomic E-state index is 0. The van der Waals surface area contributed by atoms with Gasteiger partial charge in [0.25, 0.3) is 0 Å². The second-order valence-corrected chi connectivity index (χ2v) is 1.80. The summed E-state index contributed by atoms with van der Waals surface area (Å²) >= 11 is 0. The van der Waals surface area contributed by atoms with Gasteiger partial charge in [0.15, 0.2) is 0 Å². The van der Waals surface area contributed by atoms with Crippen LogP contribution in [0.25, 0.3) is 0 Å². The third-order valence-corrected chi connectivity index (χ3v) is 0. The van der Waals surface area contributed by atoms with Crippen LogP contribution in [-0.4, -0.2) is 44.7 Å². The van der Waals surface area contributed by atoms with Gasteiger partial charge in [0, 0.05) is 0 Å². The fourth-order valence-electron chi connectivity index (χ4n) is 0. The molecule has 0 unspecified atom stereocenters. The third-order valence-electron chi connectivity index (χ3n) is 0. The highest BCUT2D eigenvalue weighted by molar-refractivity contribution is 6.46. The minimum Gasteiger partial charge on any atom is -0.412 e. The Balaban J connectivity index is -0.0000000800. The Bertz CT molecular complexity index is 21.6. The molecule has 0 aliphatic carbocycles. The van der Waals surface area contributed by atoms with E-state index in [9.17, 15) is 0 Å². The normalized spacial score (nSPS) is 8.57. The Morgan fingerprint density at radius 3 is 0.857 bits per heavy atom. The van der Waals surface area contributed by atoms with E-state index >= 15 is 0 Å². The maximum absolute atomic E-state index is 7.33. The van der Waals surface area contributed by atoms with E-state index in [0.717, 1.165) is 0 Å². The van der Waals surface area contributed by atoms with Crippen molar-refractivity contribution in [2.75, 3.05) is 0 Å². The van der Waals surface area contributed by atoms with Crippen LogP contribution in [0.5, 0.6) is 0 Å². The summed E-state index contributed by atoms with van der Waals surface area (Å²) in [7, 11) is -4.61. The van der Waals surface area contributed by atoms with Crippen molar-refractivity contribution in [2.45, 2.75) is 0 Å². The topological polar surface area (TPSA) is 112 Å². The lowest BCUT2D eigenvalue weighted by molar-refractivity contribution is 0.117. The van der Waals surface area contributed by atoms with Gasteiger partial charge in [-0.15, -0.1) is 0 Å². The molecule has 0 aromatic heterocycles. The van der Waals surface area contributed by atoms with Crippen molar-refractivity contribution < 1.29 is 24.7 Å². The highest BCUT2D eigenvalue weighted by Gasteiger charge is 2.22. The maximum atomic E-state index is 7.33. The first-order chi connectivity index (χ1) is 2.00. The molecule has 0 bridgehead atoms. The summed E-state index contributed by atoms with van der Waals surface area (Å²) in [5.41, 5.74) is 0. The van der Waals surface area contributed by atoms with Crippen LogP contribution >= 0.6 is 0 Å². The van der Waals surface area contributed by atoms with Crippen LogP contribution in [0, 0.1) is 0 Å². The van der Waals surface area contributed by atoms with Gasteiger partial charge < -0.3 is 24.7 Å². The van der Waals surface area contributed by atoms with E-state index < -0.39 is 9.05 Å². The predicted molar refractivity (Wildman–Crippen MR) is 29.6 cm³/mol. The first-order valence-corrected chi connectivity index (χ1v) is 2.68. The average Bonchev–Trinajstić information content (AvgIpc) is 0.722. The van der Waals surface area contributed by atoms with E-state index in [-0.39, 0.29) is 16.4 Å². The van der Waals surface area contributed by atoms with Crippen molar-refractivity contribution in [3.63, 3.8) is 0 Å². The number of hydrogen-bond donors (Lipinski definition) is 4. The summed E-state index contributed by atoms with van der Waals surface area (Å²) in [6.07, 6.45) is 0. The second-order valence-electron chi connectivity index (χ2n) is 0.600. The lowest BCUT2D eigenvalue weighted by Crippen LogP contribution is -2.33. The Kier molecular flexibility index (Phi) is 9.84. The Morgan fingerprint density at radius 2 is 0.857 bits per heavy atom. The lowest BCUT2D eigenvalue weighted by Gasteiger charge is -1.91. The summed E-state index contributed by atoms with van der Waals surface area (Å²) in [5.74, 6) is 0. The Morgan fingerprint density at radius 1 is 0.857 bits per heavy atom. The molecule has 6 N–H and O–H groups in total. The Labute approximate surface area is 45.7 Å². The monoisotopic (exact) mass is 146 g/mol. The molecule has 0 spiro atoms. The molecule has 0 aliphatic heterocycles. The smallest absolute Gasteiger partial charge is 0.412 e. The molecule has 7 heavy (non-hydrogen) atoms. The van der Waals surface area contributed by atoms with Gasteiger partial charge in [-0.3, -0.25) is 0 Å². The van der Waals surface area contributed by atoms with Gasteiger partial charge in [-0.05, 0) is 11.0 Å². The third kappa shape index (κ3) is 2040. The molecular formula is H10O5Si2. The predicted octanol–water partition coefficient (Wildman–Crippen LogP) is -4.89. The molecule has 0 radical (unpaired) electrons. The van der Waals surface area contributed by atoms with Gasteiger partial charge >= 0.3 is 9.05 Å². The van der Waals surface area contributed by atoms with Crippen molar-refractivity contribution in [1.82, 2.24) is 0 Å². The van der Waals surface area contributed by atoms with Crippen molar-refractivity contribution in [2.24, 2.45) is 0 Å². The quantitative estimate of drug-likeness (QED) is 0.257. The van der Waals surface area contributed by atoms with Crippen LogP contribution in [0.15, 0.2) is 0 Å². The van der Waals surface area contributed by atoms with Crippen molar-refractivity contribution >= 4 is 20.0 Å². The van der Waals surface area contributed by atoms with Crippen LogP contribution < -0.4 is 0 Å². The molecule has 0 amide bonds. The zero-order valence-electron chi connectivity index (χ0n) is 2.79. The molecule has 0 aromatic rings.